The molecule has 0 saturated carbocycles. The van der Waals surface area contributed by atoms with Gasteiger partial charge >= 0.3 is 6.01 Å². The van der Waals surface area contributed by atoms with Gasteiger partial charge in [0.05, 0.1) is 7.11 Å². The molecule has 1 aromatic heterocycles. The van der Waals surface area contributed by atoms with Crippen LogP contribution in [0.5, 0.6) is 6.01 Å². The summed E-state index contributed by atoms with van der Waals surface area (Å²) in [5.41, 5.74) is 0. The van der Waals surface area contributed by atoms with Crippen molar-refractivity contribution in [3.8, 4) is 6.01 Å². The number of nitrogens with two attached hydrogens (primary N) is 1. The van der Waals surface area contributed by atoms with Crippen LogP contribution in [0.25, 0.3) is 0 Å². The highest BCUT2D eigenvalue weighted by Crippen LogP contribution is 2.12. The Labute approximate surface area is 88.6 Å². The third kappa shape index (κ3) is 3.21. The SMILES string of the molecule is COc1nc(NC(C)C)nc(N(C)N)n1. The van der Waals surface area contributed by atoms with E-state index in [1.165, 1.54) is 12.1 Å². The quantitative estimate of drug-likeness (QED) is 0.536. The third-order valence-electron chi connectivity index (χ3n) is 1.52. The first-order valence-corrected chi connectivity index (χ1v) is 4.58. The van der Waals surface area contributed by atoms with Gasteiger partial charge in [-0.1, -0.05) is 0 Å². The molecular formula is C8H16N6O. The van der Waals surface area contributed by atoms with Crippen molar-refractivity contribution in [3.63, 3.8) is 0 Å². The monoisotopic (exact) mass is 212 g/mol. The molecule has 0 aliphatic heterocycles. The van der Waals surface area contributed by atoms with E-state index in [1.54, 1.807) is 7.05 Å². The van der Waals surface area contributed by atoms with Crippen molar-refractivity contribution in [1.29, 1.82) is 0 Å². The van der Waals surface area contributed by atoms with E-state index >= 15 is 0 Å². The highest BCUT2D eigenvalue weighted by molar-refractivity contribution is 5.36. The second-order valence-corrected chi connectivity index (χ2v) is 3.36. The zero-order valence-corrected chi connectivity index (χ0v) is 9.35. The molecule has 3 N–H and O–H groups in total. The van der Waals surface area contributed by atoms with Crippen LogP contribution in [0, 0.1) is 0 Å². The minimum atomic E-state index is 0.230. The van der Waals surface area contributed by atoms with Crippen molar-refractivity contribution < 1.29 is 4.74 Å². The van der Waals surface area contributed by atoms with Gasteiger partial charge < -0.3 is 10.1 Å². The van der Waals surface area contributed by atoms with Crippen molar-refractivity contribution in [2.75, 3.05) is 24.5 Å². The number of ether oxygens (including phenoxy) is 1. The number of nitrogens with zero attached hydrogens (tertiary/aromatic N) is 4. The molecule has 0 aromatic carbocycles. The molecule has 7 nitrogen and oxygen atoms in total. The fraction of sp³-hybridized carbons (Fsp3) is 0.625. The van der Waals surface area contributed by atoms with Crippen molar-refractivity contribution in [3.05, 3.63) is 0 Å². The summed E-state index contributed by atoms with van der Waals surface area (Å²) in [6.07, 6.45) is 0. The van der Waals surface area contributed by atoms with Crippen LogP contribution in [0.3, 0.4) is 0 Å². The van der Waals surface area contributed by atoms with Crippen LogP contribution in [-0.4, -0.2) is 35.2 Å². The standard InChI is InChI=1S/C8H16N6O/c1-5(2)10-6-11-7(14(3)9)13-8(12-6)15-4/h5H,9H2,1-4H3,(H,10,11,12,13). The molecule has 0 atom stereocenters. The molecule has 1 rings (SSSR count). The third-order valence-corrected chi connectivity index (χ3v) is 1.52. The molecular weight excluding hydrogens is 196 g/mol. The topological polar surface area (TPSA) is 89.2 Å². The van der Waals surface area contributed by atoms with E-state index < -0.39 is 0 Å². The Kier molecular flexibility index (Phi) is 3.62. The maximum absolute atomic E-state index is 5.53. The largest absolute Gasteiger partial charge is 0.467 e. The van der Waals surface area contributed by atoms with Crippen molar-refractivity contribution >= 4 is 11.9 Å². The molecule has 0 fully saturated rings. The summed E-state index contributed by atoms with van der Waals surface area (Å²) in [5, 5.41) is 4.35. The molecule has 0 unspecified atom stereocenters. The van der Waals surface area contributed by atoms with Crippen molar-refractivity contribution in [2.24, 2.45) is 5.84 Å². The normalized spacial score (nSPS) is 10.3. The molecule has 0 aliphatic carbocycles. The fourth-order valence-electron chi connectivity index (χ4n) is 0.918. The Bertz CT molecular complexity index is 327. The fourth-order valence-corrected chi connectivity index (χ4v) is 0.918. The Hall–Kier alpha value is -1.63. The van der Waals surface area contributed by atoms with Crippen LogP contribution >= 0.6 is 0 Å². The summed E-state index contributed by atoms with van der Waals surface area (Å²) < 4.78 is 4.94. The number of hydrogen-bond acceptors (Lipinski definition) is 7. The average molecular weight is 212 g/mol. The predicted molar refractivity (Wildman–Crippen MR) is 57.7 cm³/mol. The minimum Gasteiger partial charge on any atom is -0.467 e. The number of methoxy groups -OCH3 is 1. The summed E-state index contributed by atoms with van der Waals surface area (Å²) in [7, 11) is 3.14. The second kappa shape index (κ2) is 4.74. The van der Waals surface area contributed by atoms with E-state index in [4.69, 9.17) is 10.6 Å². The second-order valence-electron chi connectivity index (χ2n) is 3.36. The maximum atomic E-state index is 5.53. The van der Waals surface area contributed by atoms with Gasteiger partial charge in [0.25, 0.3) is 0 Å². The Balaban J connectivity index is 3.00. The summed E-state index contributed by atoms with van der Waals surface area (Å²) in [6, 6.07) is 0.466. The highest BCUT2D eigenvalue weighted by Gasteiger charge is 2.08. The number of anilines is 2. The first-order chi connectivity index (χ1) is 7.02. The van der Waals surface area contributed by atoms with E-state index in [0.717, 1.165) is 0 Å². The van der Waals surface area contributed by atoms with Gasteiger partial charge in [-0.15, -0.1) is 0 Å². The highest BCUT2D eigenvalue weighted by atomic mass is 16.5. The van der Waals surface area contributed by atoms with Crippen LogP contribution in [-0.2, 0) is 0 Å². The van der Waals surface area contributed by atoms with Gasteiger partial charge in [-0.2, -0.15) is 15.0 Å². The van der Waals surface area contributed by atoms with Crippen molar-refractivity contribution in [2.45, 2.75) is 19.9 Å². The molecule has 15 heavy (non-hydrogen) atoms. The molecule has 0 aliphatic rings. The summed E-state index contributed by atoms with van der Waals surface area (Å²) in [5.74, 6) is 6.33. The number of aromatic nitrogens is 3. The number of hydrazine groups is 1. The predicted octanol–water partition coefficient (Wildman–Crippen LogP) is 0.0104. The van der Waals surface area contributed by atoms with E-state index in [0.29, 0.717) is 11.9 Å². The lowest BCUT2D eigenvalue weighted by Crippen LogP contribution is -2.28. The van der Waals surface area contributed by atoms with Gasteiger partial charge in [-0.3, -0.25) is 5.01 Å². The zero-order valence-electron chi connectivity index (χ0n) is 9.35. The Morgan fingerprint density at radius 3 is 2.47 bits per heavy atom. The molecule has 1 aromatic rings. The summed E-state index contributed by atoms with van der Waals surface area (Å²) >= 11 is 0. The molecule has 0 spiro atoms. The lowest BCUT2D eigenvalue weighted by molar-refractivity contribution is 0.378. The Morgan fingerprint density at radius 1 is 1.33 bits per heavy atom. The number of hydrogen-bond donors (Lipinski definition) is 2. The van der Waals surface area contributed by atoms with Crippen LogP contribution in [0.1, 0.15) is 13.8 Å². The van der Waals surface area contributed by atoms with Crippen LogP contribution < -0.4 is 20.9 Å². The van der Waals surface area contributed by atoms with E-state index in [1.807, 2.05) is 13.8 Å². The van der Waals surface area contributed by atoms with Gasteiger partial charge in [0, 0.05) is 13.1 Å². The van der Waals surface area contributed by atoms with Gasteiger partial charge in [0.15, 0.2) is 0 Å². The molecule has 0 amide bonds. The maximum Gasteiger partial charge on any atom is 0.322 e. The molecule has 0 radical (unpaired) electrons. The summed E-state index contributed by atoms with van der Waals surface area (Å²) in [6.45, 7) is 3.98. The van der Waals surface area contributed by atoms with Gasteiger partial charge in [-0.05, 0) is 13.8 Å². The van der Waals surface area contributed by atoms with Crippen LogP contribution in [0.4, 0.5) is 11.9 Å². The van der Waals surface area contributed by atoms with E-state index in [-0.39, 0.29) is 12.1 Å². The van der Waals surface area contributed by atoms with Gasteiger partial charge in [0.2, 0.25) is 11.9 Å². The average Bonchev–Trinajstić information content (AvgIpc) is 2.16. The van der Waals surface area contributed by atoms with Crippen molar-refractivity contribution in [1.82, 2.24) is 15.0 Å². The lowest BCUT2D eigenvalue weighted by Gasteiger charge is -2.13. The first kappa shape index (κ1) is 11.4. The van der Waals surface area contributed by atoms with E-state index in [2.05, 4.69) is 20.3 Å². The van der Waals surface area contributed by atoms with E-state index in [9.17, 15) is 0 Å². The van der Waals surface area contributed by atoms with Gasteiger partial charge in [-0.25, -0.2) is 5.84 Å². The molecule has 7 heteroatoms. The smallest absolute Gasteiger partial charge is 0.322 e. The zero-order chi connectivity index (χ0) is 11.4. The van der Waals surface area contributed by atoms with Gasteiger partial charge in [0.1, 0.15) is 0 Å². The number of rotatable bonds is 4. The first-order valence-electron chi connectivity index (χ1n) is 4.58. The Morgan fingerprint density at radius 2 is 2.00 bits per heavy atom. The van der Waals surface area contributed by atoms with Crippen LogP contribution in [0.2, 0.25) is 0 Å². The van der Waals surface area contributed by atoms with Crippen LogP contribution in [0.15, 0.2) is 0 Å². The molecule has 84 valence electrons. The minimum absolute atomic E-state index is 0.230. The molecule has 1 heterocycles. The molecule has 0 saturated heterocycles. The molecule has 0 bridgehead atoms. The number of nitrogens with one attached hydrogen (secondary N) is 1. The summed E-state index contributed by atoms with van der Waals surface area (Å²) in [4.78, 5) is 12.1. The lowest BCUT2D eigenvalue weighted by atomic mass is 10.4.